The molecule has 0 aliphatic rings. The summed E-state index contributed by atoms with van der Waals surface area (Å²) in [6.45, 7) is 4.84. The minimum Gasteiger partial charge on any atom is -0.384 e. The van der Waals surface area contributed by atoms with E-state index in [0.717, 1.165) is 26.1 Å². The number of terminal acetylenes is 1. The van der Waals surface area contributed by atoms with E-state index in [-0.39, 0.29) is 0 Å². The van der Waals surface area contributed by atoms with Crippen molar-refractivity contribution in [1.82, 2.24) is 5.32 Å². The average molecular weight is 155 g/mol. The second-order valence-electron chi connectivity index (χ2n) is 2.72. The van der Waals surface area contributed by atoms with Gasteiger partial charge in [-0.15, -0.1) is 12.3 Å². The second kappa shape index (κ2) is 7.59. The molecule has 0 aromatic rings. The predicted molar refractivity (Wildman–Crippen MR) is 47.4 cm³/mol. The predicted octanol–water partition coefficient (Wildman–Crippen LogP) is 0.882. The van der Waals surface area contributed by atoms with Crippen LogP contribution in [0.3, 0.4) is 0 Å². The van der Waals surface area contributed by atoms with E-state index in [9.17, 15) is 0 Å². The lowest BCUT2D eigenvalue weighted by Crippen LogP contribution is -2.24. The Morgan fingerprint density at radius 1 is 1.64 bits per heavy atom. The number of nitrogens with one attached hydrogen (secondary N) is 1. The third kappa shape index (κ3) is 7.38. The van der Waals surface area contributed by atoms with Gasteiger partial charge < -0.3 is 10.1 Å². The van der Waals surface area contributed by atoms with Gasteiger partial charge in [0.15, 0.2) is 0 Å². The number of hydrogen-bond acceptors (Lipinski definition) is 2. The van der Waals surface area contributed by atoms with Gasteiger partial charge in [-0.05, 0) is 12.5 Å². The van der Waals surface area contributed by atoms with Crippen LogP contribution in [0.25, 0.3) is 0 Å². The maximum Gasteiger partial charge on any atom is 0.0499 e. The molecule has 2 nitrogen and oxygen atoms in total. The van der Waals surface area contributed by atoms with Gasteiger partial charge in [-0.25, -0.2) is 0 Å². The Morgan fingerprint density at radius 3 is 2.91 bits per heavy atom. The Morgan fingerprint density at radius 2 is 2.36 bits per heavy atom. The zero-order valence-electron chi connectivity index (χ0n) is 7.39. The molecule has 1 N–H and O–H groups in total. The summed E-state index contributed by atoms with van der Waals surface area (Å²) in [5.74, 6) is 3.15. The fourth-order valence-electron chi connectivity index (χ4n) is 0.852. The first-order valence-electron chi connectivity index (χ1n) is 3.94. The SMILES string of the molecule is C#CCCNCC(C)COC. The highest BCUT2D eigenvalue weighted by Crippen LogP contribution is 1.91. The molecular weight excluding hydrogens is 138 g/mol. The van der Waals surface area contributed by atoms with E-state index in [1.165, 1.54) is 0 Å². The Hall–Kier alpha value is -0.520. The van der Waals surface area contributed by atoms with E-state index in [2.05, 4.69) is 18.2 Å². The lowest BCUT2D eigenvalue weighted by Gasteiger charge is -2.09. The van der Waals surface area contributed by atoms with Crippen LogP contribution in [0.5, 0.6) is 0 Å². The third-order valence-corrected chi connectivity index (χ3v) is 1.39. The zero-order chi connectivity index (χ0) is 8.53. The molecule has 11 heavy (non-hydrogen) atoms. The maximum absolute atomic E-state index is 5.09. The smallest absolute Gasteiger partial charge is 0.0499 e. The van der Waals surface area contributed by atoms with Gasteiger partial charge in [0.2, 0.25) is 0 Å². The lowest BCUT2D eigenvalue weighted by atomic mass is 10.2. The van der Waals surface area contributed by atoms with Crippen LogP contribution in [0, 0.1) is 18.3 Å². The standard InChI is InChI=1S/C9H17NO/c1-4-5-6-10-7-9(2)8-11-3/h1,9-10H,5-8H2,2-3H3. The van der Waals surface area contributed by atoms with E-state index in [0.29, 0.717) is 5.92 Å². The molecule has 0 aromatic heterocycles. The summed E-state index contributed by atoms with van der Waals surface area (Å²) in [6.07, 6.45) is 5.89. The highest BCUT2D eigenvalue weighted by atomic mass is 16.5. The van der Waals surface area contributed by atoms with Crippen LogP contribution in [0.1, 0.15) is 13.3 Å². The lowest BCUT2D eigenvalue weighted by molar-refractivity contribution is 0.159. The molecule has 1 atom stereocenters. The van der Waals surface area contributed by atoms with Gasteiger partial charge in [0.25, 0.3) is 0 Å². The normalized spacial score (nSPS) is 12.5. The Kier molecular flexibility index (Phi) is 7.23. The molecule has 0 aliphatic carbocycles. The molecule has 1 unspecified atom stereocenters. The van der Waals surface area contributed by atoms with E-state index >= 15 is 0 Å². The summed E-state index contributed by atoms with van der Waals surface area (Å²) in [4.78, 5) is 0. The molecule has 0 saturated carbocycles. The molecule has 0 fully saturated rings. The fraction of sp³-hybridized carbons (Fsp3) is 0.778. The molecule has 0 heterocycles. The molecule has 2 heteroatoms. The van der Waals surface area contributed by atoms with Crippen molar-refractivity contribution in [2.75, 3.05) is 26.8 Å². The van der Waals surface area contributed by atoms with Crippen molar-refractivity contribution in [2.45, 2.75) is 13.3 Å². The van der Waals surface area contributed by atoms with E-state index < -0.39 is 0 Å². The Balaban J connectivity index is 3.05. The summed E-state index contributed by atoms with van der Waals surface area (Å²) in [6, 6.07) is 0. The summed E-state index contributed by atoms with van der Waals surface area (Å²) in [7, 11) is 1.72. The highest BCUT2D eigenvalue weighted by molar-refractivity contribution is 4.84. The number of ether oxygens (including phenoxy) is 1. The van der Waals surface area contributed by atoms with Crippen molar-refractivity contribution in [2.24, 2.45) is 5.92 Å². The first-order chi connectivity index (χ1) is 5.31. The van der Waals surface area contributed by atoms with E-state index in [1.54, 1.807) is 7.11 Å². The topological polar surface area (TPSA) is 21.3 Å². The maximum atomic E-state index is 5.09. The fourth-order valence-corrected chi connectivity index (χ4v) is 0.852. The van der Waals surface area contributed by atoms with E-state index in [4.69, 9.17) is 11.2 Å². The van der Waals surface area contributed by atoms with Crippen LogP contribution in [-0.4, -0.2) is 26.8 Å². The van der Waals surface area contributed by atoms with Gasteiger partial charge >= 0.3 is 0 Å². The molecular formula is C9H17NO. The van der Waals surface area contributed by atoms with Crippen LogP contribution >= 0.6 is 0 Å². The minimum atomic E-state index is 0.567. The molecule has 0 rings (SSSR count). The second-order valence-corrected chi connectivity index (χ2v) is 2.72. The summed E-state index contributed by atoms with van der Waals surface area (Å²) < 4.78 is 4.98. The Bertz CT molecular complexity index is 117. The van der Waals surface area contributed by atoms with Crippen LogP contribution in [0.15, 0.2) is 0 Å². The zero-order valence-corrected chi connectivity index (χ0v) is 7.39. The van der Waals surface area contributed by atoms with Gasteiger partial charge in [0.1, 0.15) is 0 Å². The molecule has 0 radical (unpaired) electrons. The van der Waals surface area contributed by atoms with Crippen molar-refractivity contribution in [1.29, 1.82) is 0 Å². The minimum absolute atomic E-state index is 0.567. The van der Waals surface area contributed by atoms with Crippen molar-refractivity contribution in [3.05, 3.63) is 0 Å². The van der Waals surface area contributed by atoms with Gasteiger partial charge in [-0.1, -0.05) is 6.92 Å². The van der Waals surface area contributed by atoms with Gasteiger partial charge in [0.05, 0.1) is 0 Å². The van der Waals surface area contributed by atoms with Crippen LogP contribution in [0.4, 0.5) is 0 Å². The number of hydrogen-bond donors (Lipinski definition) is 1. The van der Waals surface area contributed by atoms with Gasteiger partial charge in [-0.3, -0.25) is 0 Å². The molecule has 0 saturated heterocycles. The van der Waals surface area contributed by atoms with Crippen LogP contribution < -0.4 is 5.32 Å². The van der Waals surface area contributed by atoms with Crippen molar-refractivity contribution in [3.8, 4) is 12.3 Å². The van der Waals surface area contributed by atoms with E-state index in [1.807, 2.05) is 0 Å². The molecule has 64 valence electrons. The highest BCUT2D eigenvalue weighted by Gasteiger charge is 1.98. The van der Waals surface area contributed by atoms with Crippen LogP contribution in [-0.2, 0) is 4.74 Å². The molecule has 0 amide bonds. The summed E-state index contributed by atoms with van der Waals surface area (Å²) >= 11 is 0. The first-order valence-corrected chi connectivity index (χ1v) is 3.94. The molecule has 0 aliphatic heterocycles. The van der Waals surface area contributed by atoms with Gasteiger partial charge in [-0.2, -0.15) is 0 Å². The largest absolute Gasteiger partial charge is 0.384 e. The first kappa shape index (κ1) is 10.5. The molecule has 0 bridgehead atoms. The Labute approximate surface area is 69.3 Å². The molecule has 0 spiro atoms. The van der Waals surface area contributed by atoms with Crippen LogP contribution in [0.2, 0.25) is 0 Å². The molecule has 0 aromatic carbocycles. The quantitative estimate of drug-likeness (QED) is 0.454. The van der Waals surface area contributed by atoms with Gasteiger partial charge in [0, 0.05) is 26.7 Å². The van der Waals surface area contributed by atoms with Crippen molar-refractivity contribution < 1.29 is 4.74 Å². The monoisotopic (exact) mass is 155 g/mol. The average Bonchev–Trinajstić information content (AvgIpc) is 1.99. The summed E-state index contributed by atoms with van der Waals surface area (Å²) in [5.41, 5.74) is 0. The number of methoxy groups -OCH3 is 1. The third-order valence-electron chi connectivity index (χ3n) is 1.39. The number of rotatable bonds is 6. The summed E-state index contributed by atoms with van der Waals surface area (Å²) in [5, 5.41) is 3.25. The van der Waals surface area contributed by atoms with Crippen molar-refractivity contribution in [3.63, 3.8) is 0 Å². The van der Waals surface area contributed by atoms with Crippen molar-refractivity contribution >= 4 is 0 Å².